The minimum atomic E-state index is -0.442. The molecule has 1 amide bonds. The standard InChI is InChI=1S/C25H26ClN3O3/c1-2-3-16-28(25(30)15-12-20-10-13-22(14-11-20)29(31)32)19-23-8-6-17-27(23)18-21-7-4-5-9-24(21)26/h4-15,17H,2-3,16,18-19H2,1H3. The van der Waals surface area contributed by atoms with E-state index in [9.17, 15) is 14.9 Å². The SMILES string of the molecule is CCCCN(Cc1cccn1Cc1ccccc1Cl)C(=O)C=Cc1ccc([N+](=O)[O-])cc1. The topological polar surface area (TPSA) is 68.4 Å². The number of carbonyl (C=O) groups excluding carboxylic acids is 1. The van der Waals surface area contributed by atoms with Gasteiger partial charge >= 0.3 is 0 Å². The van der Waals surface area contributed by atoms with E-state index < -0.39 is 4.92 Å². The maximum atomic E-state index is 12.9. The molecular weight excluding hydrogens is 426 g/mol. The second kappa shape index (κ2) is 11.3. The van der Waals surface area contributed by atoms with Gasteiger partial charge in [0.2, 0.25) is 5.91 Å². The van der Waals surface area contributed by atoms with Gasteiger partial charge in [-0.05, 0) is 54.0 Å². The van der Waals surface area contributed by atoms with E-state index in [2.05, 4.69) is 11.5 Å². The number of hydrogen-bond acceptors (Lipinski definition) is 3. The predicted molar refractivity (Wildman–Crippen MR) is 127 cm³/mol. The zero-order chi connectivity index (χ0) is 22.9. The Balaban J connectivity index is 1.73. The molecule has 0 radical (unpaired) electrons. The van der Waals surface area contributed by atoms with Crippen molar-refractivity contribution < 1.29 is 9.72 Å². The molecule has 7 heteroatoms. The molecular formula is C25H26ClN3O3. The summed E-state index contributed by atoms with van der Waals surface area (Å²) < 4.78 is 2.10. The molecule has 0 aliphatic carbocycles. The lowest BCUT2D eigenvalue weighted by Gasteiger charge is -2.22. The summed E-state index contributed by atoms with van der Waals surface area (Å²) in [6, 6.07) is 17.9. The fourth-order valence-electron chi connectivity index (χ4n) is 3.35. The Morgan fingerprint density at radius 1 is 1.12 bits per heavy atom. The van der Waals surface area contributed by atoms with E-state index in [0.29, 0.717) is 19.6 Å². The Bertz CT molecular complexity index is 1090. The maximum absolute atomic E-state index is 12.9. The molecule has 0 aliphatic heterocycles. The van der Waals surface area contributed by atoms with E-state index in [-0.39, 0.29) is 11.6 Å². The largest absolute Gasteiger partial charge is 0.345 e. The van der Waals surface area contributed by atoms with Crippen LogP contribution in [-0.2, 0) is 17.9 Å². The third kappa shape index (κ3) is 6.31. The molecule has 3 aromatic rings. The van der Waals surface area contributed by atoms with Crippen LogP contribution in [0.4, 0.5) is 5.69 Å². The molecule has 1 heterocycles. The van der Waals surface area contributed by atoms with E-state index >= 15 is 0 Å². The van der Waals surface area contributed by atoms with Crippen molar-refractivity contribution in [2.75, 3.05) is 6.54 Å². The minimum absolute atomic E-state index is 0.0253. The van der Waals surface area contributed by atoms with Gasteiger partial charge in [-0.25, -0.2) is 0 Å². The van der Waals surface area contributed by atoms with Crippen LogP contribution >= 0.6 is 11.6 Å². The number of benzene rings is 2. The number of amides is 1. The number of nitrogens with zero attached hydrogens (tertiary/aromatic N) is 3. The quantitative estimate of drug-likeness (QED) is 0.217. The number of aromatic nitrogens is 1. The predicted octanol–water partition coefficient (Wildman–Crippen LogP) is 5.94. The number of nitro groups is 1. The molecule has 1 aromatic heterocycles. The molecule has 0 spiro atoms. The van der Waals surface area contributed by atoms with Crippen LogP contribution in [0, 0.1) is 10.1 Å². The Morgan fingerprint density at radius 2 is 1.88 bits per heavy atom. The lowest BCUT2D eigenvalue weighted by molar-refractivity contribution is -0.384. The van der Waals surface area contributed by atoms with Crippen LogP contribution in [0.5, 0.6) is 0 Å². The molecule has 0 saturated carbocycles. The van der Waals surface area contributed by atoms with Gasteiger partial charge in [-0.15, -0.1) is 0 Å². The lowest BCUT2D eigenvalue weighted by atomic mass is 10.2. The van der Waals surface area contributed by atoms with Crippen LogP contribution < -0.4 is 0 Å². The van der Waals surface area contributed by atoms with Crippen LogP contribution in [-0.4, -0.2) is 26.8 Å². The van der Waals surface area contributed by atoms with Crippen LogP contribution in [0.25, 0.3) is 6.08 Å². The van der Waals surface area contributed by atoms with Gasteiger partial charge in [0.1, 0.15) is 0 Å². The van der Waals surface area contributed by atoms with Gasteiger partial charge in [0.15, 0.2) is 0 Å². The Morgan fingerprint density at radius 3 is 2.56 bits per heavy atom. The third-order valence-electron chi connectivity index (χ3n) is 5.19. The van der Waals surface area contributed by atoms with Crippen molar-refractivity contribution in [1.29, 1.82) is 0 Å². The fourth-order valence-corrected chi connectivity index (χ4v) is 3.54. The van der Waals surface area contributed by atoms with Crippen LogP contribution in [0.3, 0.4) is 0 Å². The number of halogens is 1. The summed E-state index contributed by atoms with van der Waals surface area (Å²) in [6.45, 7) is 3.87. The smallest absolute Gasteiger partial charge is 0.269 e. The summed E-state index contributed by atoms with van der Waals surface area (Å²) >= 11 is 6.32. The van der Waals surface area contributed by atoms with Gasteiger partial charge in [-0.1, -0.05) is 43.1 Å². The molecule has 0 unspecified atom stereocenters. The van der Waals surface area contributed by atoms with E-state index in [1.807, 2.05) is 47.5 Å². The average Bonchev–Trinajstić information content (AvgIpc) is 3.23. The monoisotopic (exact) mass is 451 g/mol. The summed E-state index contributed by atoms with van der Waals surface area (Å²) in [5.74, 6) is -0.0951. The molecule has 166 valence electrons. The Labute approximate surface area is 192 Å². The van der Waals surface area contributed by atoms with Gasteiger partial charge in [0.05, 0.1) is 11.5 Å². The second-order valence-electron chi connectivity index (χ2n) is 7.51. The van der Waals surface area contributed by atoms with E-state index in [4.69, 9.17) is 11.6 Å². The number of rotatable bonds is 10. The van der Waals surface area contributed by atoms with Crippen molar-refractivity contribution in [3.05, 3.63) is 105 Å². The zero-order valence-electron chi connectivity index (χ0n) is 18.0. The Hall–Kier alpha value is -3.38. The first kappa shape index (κ1) is 23.3. The molecule has 0 bridgehead atoms. The Kier molecular flexibility index (Phi) is 8.22. The van der Waals surface area contributed by atoms with E-state index in [1.54, 1.807) is 18.2 Å². The van der Waals surface area contributed by atoms with Crippen molar-refractivity contribution >= 4 is 29.3 Å². The van der Waals surface area contributed by atoms with Gasteiger partial charge in [-0.3, -0.25) is 14.9 Å². The molecule has 2 aromatic carbocycles. The molecule has 0 aliphatic rings. The van der Waals surface area contributed by atoms with Crippen molar-refractivity contribution in [3.8, 4) is 0 Å². The van der Waals surface area contributed by atoms with Crippen molar-refractivity contribution in [1.82, 2.24) is 9.47 Å². The highest BCUT2D eigenvalue weighted by molar-refractivity contribution is 6.31. The first-order valence-electron chi connectivity index (χ1n) is 10.6. The van der Waals surface area contributed by atoms with Gasteiger partial charge < -0.3 is 9.47 Å². The van der Waals surface area contributed by atoms with Crippen molar-refractivity contribution in [3.63, 3.8) is 0 Å². The second-order valence-corrected chi connectivity index (χ2v) is 7.92. The zero-order valence-corrected chi connectivity index (χ0v) is 18.7. The number of carbonyl (C=O) groups is 1. The highest BCUT2D eigenvalue weighted by atomic mass is 35.5. The molecule has 0 atom stereocenters. The first-order valence-corrected chi connectivity index (χ1v) is 10.9. The fraction of sp³-hybridized carbons (Fsp3) is 0.240. The summed E-state index contributed by atoms with van der Waals surface area (Å²) in [4.78, 5) is 25.1. The number of unbranched alkanes of at least 4 members (excludes halogenated alkanes) is 1. The summed E-state index contributed by atoms with van der Waals surface area (Å²) in [5, 5.41) is 11.5. The third-order valence-corrected chi connectivity index (χ3v) is 5.56. The van der Waals surface area contributed by atoms with Gasteiger partial charge in [0.25, 0.3) is 5.69 Å². The van der Waals surface area contributed by atoms with Crippen molar-refractivity contribution in [2.45, 2.75) is 32.9 Å². The van der Waals surface area contributed by atoms with Crippen LogP contribution in [0.2, 0.25) is 5.02 Å². The first-order chi connectivity index (χ1) is 15.5. The maximum Gasteiger partial charge on any atom is 0.269 e. The normalized spacial score (nSPS) is 11.1. The van der Waals surface area contributed by atoms with Gasteiger partial charge in [0, 0.05) is 48.2 Å². The van der Waals surface area contributed by atoms with Gasteiger partial charge in [-0.2, -0.15) is 0 Å². The summed E-state index contributed by atoms with van der Waals surface area (Å²) in [7, 11) is 0. The molecule has 0 fully saturated rings. The summed E-state index contributed by atoms with van der Waals surface area (Å²) in [6.07, 6.45) is 7.10. The molecule has 3 rings (SSSR count). The summed E-state index contributed by atoms with van der Waals surface area (Å²) in [5.41, 5.74) is 2.81. The average molecular weight is 452 g/mol. The molecule has 0 saturated heterocycles. The van der Waals surface area contributed by atoms with Crippen molar-refractivity contribution in [2.24, 2.45) is 0 Å². The van der Waals surface area contributed by atoms with E-state index in [0.717, 1.165) is 34.7 Å². The highest BCUT2D eigenvalue weighted by Crippen LogP contribution is 2.19. The molecule has 0 N–H and O–H groups in total. The lowest BCUT2D eigenvalue weighted by Crippen LogP contribution is -2.31. The van der Waals surface area contributed by atoms with Crippen LogP contribution in [0.15, 0.2) is 72.9 Å². The number of non-ortho nitro benzene ring substituents is 1. The van der Waals surface area contributed by atoms with E-state index in [1.165, 1.54) is 18.2 Å². The number of nitro benzene ring substituents is 1. The highest BCUT2D eigenvalue weighted by Gasteiger charge is 2.14. The molecule has 32 heavy (non-hydrogen) atoms. The van der Waals surface area contributed by atoms with Crippen LogP contribution in [0.1, 0.15) is 36.6 Å². The number of hydrogen-bond donors (Lipinski definition) is 0. The minimum Gasteiger partial charge on any atom is -0.345 e. The molecule has 6 nitrogen and oxygen atoms in total.